The van der Waals surface area contributed by atoms with Crippen molar-refractivity contribution in [1.82, 2.24) is 0 Å². The van der Waals surface area contributed by atoms with Gasteiger partial charge in [0.15, 0.2) is 0 Å². The molecular weight excluding hydrogens is 260 g/mol. The lowest BCUT2D eigenvalue weighted by atomic mass is 9.97. The van der Waals surface area contributed by atoms with Crippen LogP contribution in [0.1, 0.15) is 22.7 Å². The molecule has 0 spiro atoms. The molecule has 0 aliphatic rings. The molecule has 1 atom stereocenters. The first-order valence-electron chi connectivity index (χ1n) is 4.95. The molecule has 0 aliphatic carbocycles. The van der Waals surface area contributed by atoms with Crippen molar-refractivity contribution in [2.24, 2.45) is 5.73 Å². The number of hydrogen-bond acceptors (Lipinski definition) is 1. The summed E-state index contributed by atoms with van der Waals surface area (Å²) in [5, 5.41) is 0. The zero-order valence-electron chi connectivity index (χ0n) is 9.58. The van der Waals surface area contributed by atoms with Gasteiger partial charge in [-0.15, -0.1) is 0 Å². The highest BCUT2D eigenvalue weighted by Crippen LogP contribution is 2.43. The van der Waals surface area contributed by atoms with E-state index < -0.39 is 29.5 Å². The summed E-state index contributed by atoms with van der Waals surface area (Å²) >= 11 is 0. The average Bonchev–Trinajstić information content (AvgIpc) is 2.22. The first-order chi connectivity index (χ1) is 7.98. The summed E-state index contributed by atoms with van der Waals surface area (Å²) in [4.78, 5) is 0. The summed E-state index contributed by atoms with van der Waals surface area (Å²) in [6.07, 6.45) is -5.75. The molecule has 102 valence electrons. The van der Waals surface area contributed by atoms with Crippen LogP contribution in [0.4, 0.5) is 26.3 Å². The fourth-order valence-corrected chi connectivity index (χ4v) is 1.54. The molecule has 0 aromatic heterocycles. The number of nitrogens with two attached hydrogens (primary N) is 1. The Morgan fingerprint density at radius 3 is 1.72 bits per heavy atom. The van der Waals surface area contributed by atoms with Gasteiger partial charge in [-0.25, -0.2) is 4.39 Å². The standard InChI is InChI=1S/C11H11F6N/c1-5-3-7(4-6(2)8(5)12)9(18)10(13,14)11(15,16)17/h3-4,9H,18H2,1-2H3. The number of benzene rings is 1. The highest BCUT2D eigenvalue weighted by Gasteiger charge is 2.61. The van der Waals surface area contributed by atoms with Crippen molar-refractivity contribution in [3.8, 4) is 0 Å². The molecule has 1 nitrogen and oxygen atoms in total. The summed E-state index contributed by atoms with van der Waals surface area (Å²) in [6.45, 7) is 2.54. The van der Waals surface area contributed by atoms with Crippen LogP contribution in [0.2, 0.25) is 0 Å². The zero-order chi connectivity index (χ0) is 14.3. The largest absolute Gasteiger partial charge is 0.455 e. The van der Waals surface area contributed by atoms with Crippen molar-refractivity contribution in [1.29, 1.82) is 0 Å². The lowest BCUT2D eigenvalue weighted by Crippen LogP contribution is -2.45. The Hall–Kier alpha value is -1.24. The highest BCUT2D eigenvalue weighted by atomic mass is 19.4. The second-order valence-electron chi connectivity index (χ2n) is 4.07. The average molecular weight is 271 g/mol. The molecule has 0 aliphatic heterocycles. The van der Waals surface area contributed by atoms with Gasteiger partial charge in [-0.1, -0.05) is 12.1 Å². The van der Waals surface area contributed by atoms with Gasteiger partial charge in [0.1, 0.15) is 11.9 Å². The zero-order valence-corrected chi connectivity index (χ0v) is 9.58. The Kier molecular flexibility index (Phi) is 3.67. The normalized spacial score (nSPS) is 14.7. The molecule has 0 radical (unpaired) electrons. The molecule has 18 heavy (non-hydrogen) atoms. The predicted octanol–water partition coefficient (Wildman–Crippen LogP) is 3.64. The van der Waals surface area contributed by atoms with Crippen molar-refractivity contribution in [2.75, 3.05) is 0 Å². The second kappa shape index (κ2) is 4.46. The molecule has 1 aromatic carbocycles. The van der Waals surface area contributed by atoms with Crippen molar-refractivity contribution in [3.63, 3.8) is 0 Å². The van der Waals surface area contributed by atoms with E-state index in [1.165, 1.54) is 13.8 Å². The summed E-state index contributed by atoms with van der Waals surface area (Å²) in [7, 11) is 0. The van der Waals surface area contributed by atoms with Crippen molar-refractivity contribution >= 4 is 0 Å². The van der Waals surface area contributed by atoms with E-state index in [0.29, 0.717) is 0 Å². The Bertz CT molecular complexity index is 428. The third-order valence-electron chi connectivity index (χ3n) is 2.59. The second-order valence-corrected chi connectivity index (χ2v) is 4.07. The maximum Gasteiger partial charge on any atom is 0.455 e. The lowest BCUT2D eigenvalue weighted by Gasteiger charge is -2.26. The summed E-state index contributed by atoms with van der Waals surface area (Å²) in [5.74, 6) is -5.72. The topological polar surface area (TPSA) is 26.0 Å². The van der Waals surface area contributed by atoms with Gasteiger partial charge >= 0.3 is 12.1 Å². The molecule has 0 heterocycles. The first kappa shape index (κ1) is 14.8. The van der Waals surface area contributed by atoms with Gasteiger partial charge in [0.05, 0.1) is 0 Å². The Morgan fingerprint density at radius 2 is 1.39 bits per heavy atom. The summed E-state index contributed by atoms with van der Waals surface area (Å²) in [6, 6.07) is -0.769. The summed E-state index contributed by atoms with van der Waals surface area (Å²) in [5.41, 5.74) is 4.45. The molecule has 0 bridgehead atoms. The molecule has 0 amide bonds. The minimum atomic E-state index is -5.75. The van der Waals surface area contributed by atoms with Crippen molar-refractivity contribution in [2.45, 2.75) is 32.0 Å². The van der Waals surface area contributed by atoms with Gasteiger partial charge in [-0.05, 0) is 30.5 Å². The number of hydrogen-bond donors (Lipinski definition) is 1. The van der Waals surface area contributed by atoms with Crippen LogP contribution in [0, 0.1) is 19.7 Å². The molecule has 1 rings (SSSR count). The van der Waals surface area contributed by atoms with Crippen LogP contribution in [-0.4, -0.2) is 12.1 Å². The molecule has 7 heteroatoms. The maximum absolute atomic E-state index is 13.3. The molecule has 1 aromatic rings. The van der Waals surface area contributed by atoms with E-state index in [-0.39, 0.29) is 11.1 Å². The molecule has 0 saturated heterocycles. The molecular formula is C11H11F6N. The molecule has 2 N–H and O–H groups in total. The van der Waals surface area contributed by atoms with Crippen LogP contribution in [0.25, 0.3) is 0 Å². The first-order valence-corrected chi connectivity index (χ1v) is 4.95. The molecule has 0 fully saturated rings. The Morgan fingerprint density at radius 1 is 1.00 bits per heavy atom. The molecule has 0 saturated carbocycles. The highest BCUT2D eigenvalue weighted by molar-refractivity contribution is 5.33. The van der Waals surface area contributed by atoms with Gasteiger partial charge in [0.25, 0.3) is 0 Å². The van der Waals surface area contributed by atoms with Gasteiger partial charge in [0, 0.05) is 0 Å². The number of rotatable bonds is 2. The van der Waals surface area contributed by atoms with Crippen molar-refractivity contribution < 1.29 is 26.3 Å². The van der Waals surface area contributed by atoms with Crippen molar-refractivity contribution in [3.05, 3.63) is 34.6 Å². The molecule has 1 unspecified atom stereocenters. The van der Waals surface area contributed by atoms with E-state index in [2.05, 4.69) is 0 Å². The number of alkyl halides is 5. The minimum absolute atomic E-state index is 0.0292. The minimum Gasteiger partial charge on any atom is -0.319 e. The SMILES string of the molecule is Cc1cc(C(N)C(F)(F)C(F)(F)F)cc(C)c1F. The van der Waals surface area contributed by atoms with Crippen LogP contribution in [0.15, 0.2) is 12.1 Å². The van der Waals surface area contributed by atoms with Gasteiger partial charge in [0.2, 0.25) is 0 Å². The van der Waals surface area contributed by atoms with Crippen LogP contribution in [0.3, 0.4) is 0 Å². The predicted molar refractivity (Wildman–Crippen MR) is 53.8 cm³/mol. The van der Waals surface area contributed by atoms with Crippen LogP contribution in [-0.2, 0) is 0 Å². The number of halogens is 6. The lowest BCUT2D eigenvalue weighted by molar-refractivity contribution is -0.291. The summed E-state index contributed by atoms with van der Waals surface area (Å²) < 4.78 is 75.8. The maximum atomic E-state index is 13.3. The Balaban J connectivity index is 3.24. The number of aryl methyl sites for hydroxylation is 2. The van der Waals surface area contributed by atoms with E-state index in [4.69, 9.17) is 5.73 Å². The quantitative estimate of drug-likeness (QED) is 0.816. The fourth-order valence-electron chi connectivity index (χ4n) is 1.54. The van der Waals surface area contributed by atoms with Gasteiger partial charge in [-0.3, -0.25) is 0 Å². The van der Waals surface area contributed by atoms with E-state index in [1.807, 2.05) is 0 Å². The van der Waals surface area contributed by atoms with Crippen LogP contribution in [0.5, 0.6) is 0 Å². The van der Waals surface area contributed by atoms with Gasteiger partial charge < -0.3 is 5.73 Å². The van der Waals surface area contributed by atoms with E-state index in [1.54, 1.807) is 0 Å². The van der Waals surface area contributed by atoms with E-state index in [0.717, 1.165) is 12.1 Å². The van der Waals surface area contributed by atoms with E-state index in [9.17, 15) is 26.3 Å². The Labute approximate surface area is 99.6 Å². The smallest absolute Gasteiger partial charge is 0.319 e. The van der Waals surface area contributed by atoms with Crippen LogP contribution >= 0.6 is 0 Å². The monoisotopic (exact) mass is 271 g/mol. The van der Waals surface area contributed by atoms with Crippen LogP contribution < -0.4 is 5.73 Å². The van der Waals surface area contributed by atoms with E-state index >= 15 is 0 Å². The third-order valence-corrected chi connectivity index (χ3v) is 2.59. The van der Waals surface area contributed by atoms with Gasteiger partial charge in [-0.2, -0.15) is 22.0 Å². The fraction of sp³-hybridized carbons (Fsp3) is 0.455. The third kappa shape index (κ3) is 2.45.